The molecule has 0 rings (SSSR count). The van der Waals surface area contributed by atoms with Crippen molar-refractivity contribution in [2.45, 2.75) is 136 Å². The van der Waals surface area contributed by atoms with Crippen LogP contribution in [0.1, 0.15) is 136 Å². The summed E-state index contributed by atoms with van der Waals surface area (Å²) in [7, 11) is 1.73. The van der Waals surface area contributed by atoms with Crippen LogP contribution in [0.4, 0.5) is 0 Å². The van der Waals surface area contributed by atoms with Gasteiger partial charge >= 0.3 is 0 Å². The zero-order chi connectivity index (χ0) is 17.6. The summed E-state index contributed by atoms with van der Waals surface area (Å²) in [5.41, 5.74) is 0. The average Bonchev–Trinajstić information content (AvgIpc) is 2.60. The van der Waals surface area contributed by atoms with Gasteiger partial charge in [-0.1, -0.05) is 132 Å². The molecule has 0 heterocycles. The number of unbranched alkanes of at least 4 members (excludes halogenated alkanes) is 17. The average molecular weight is 356 g/mol. The third-order valence-corrected chi connectivity index (χ3v) is 6.35. The maximum atomic E-state index is 2.30. The van der Waals surface area contributed by atoms with E-state index < -0.39 is 0 Å². The molecule has 0 fully saturated rings. The second-order valence-electron chi connectivity index (χ2n) is 7.68. The van der Waals surface area contributed by atoms with Crippen LogP contribution in [0.3, 0.4) is 0 Å². The van der Waals surface area contributed by atoms with E-state index in [2.05, 4.69) is 13.8 Å². The molecule has 0 saturated heterocycles. The normalized spacial score (nSPS) is 11.8. The Labute approximate surface area is 157 Å². The zero-order valence-electron chi connectivity index (χ0n) is 17.3. The van der Waals surface area contributed by atoms with E-state index in [9.17, 15) is 0 Å². The molecule has 0 aromatic heterocycles. The highest BCUT2D eigenvalue weighted by molar-refractivity contribution is 7.37. The lowest BCUT2D eigenvalue weighted by atomic mass is 10.1. The van der Waals surface area contributed by atoms with E-state index in [4.69, 9.17) is 0 Å². The van der Waals surface area contributed by atoms with Crippen molar-refractivity contribution in [1.82, 2.24) is 0 Å². The highest BCUT2D eigenvalue weighted by Crippen LogP contribution is 2.18. The van der Waals surface area contributed by atoms with E-state index in [1.807, 2.05) is 0 Å². The number of hydrogen-bond donors (Lipinski definition) is 0. The van der Waals surface area contributed by atoms with Crippen LogP contribution in [-0.4, -0.2) is 12.3 Å². The first-order chi connectivity index (χ1) is 11.9. The van der Waals surface area contributed by atoms with Gasteiger partial charge in [0, 0.05) is 0 Å². The Morgan fingerprint density at radius 3 is 0.875 bits per heavy atom. The van der Waals surface area contributed by atoms with Crippen molar-refractivity contribution in [2.75, 3.05) is 12.3 Å². The Hall–Kier alpha value is 0.430. The molecule has 0 spiro atoms. The van der Waals surface area contributed by atoms with Crippen LogP contribution in [0, 0.1) is 0 Å². The fraction of sp³-hybridized carbons (Fsp3) is 1.00. The molecule has 0 amide bonds. The van der Waals surface area contributed by atoms with E-state index in [0.717, 1.165) is 0 Å². The van der Waals surface area contributed by atoms with Gasteiger partial charge in [0.2, 0.25) is 0 Å². The molecule has 0 aliphatic heterocycles. The van der Waals surface area contributed by atoms with Crippen molar-refractivity contribution < 1.29 is 0 Å². The van der Waals surface area contributed by atoms with Crippen molar-refractivity contribution in [2.24, 2.45) is 0 Å². The fourth-order valence-electron chi connectivity index (χ4n) is 3.36. The molecule has 0 N–H and O–H groups in total. The molecule has 0 nitrogen and oxygen atoms in total. The van der Waals surface area contributed by atoms with Gasteiger partial charge in [0.15, 0.2) is 0 Å². The largest absolute Gasteiger partial charge is 0.0810 e. The Balaban J connectivity index is 2.93. The first kappa shape index (κ1) is 24.4. The highest BCUT2D eigenvalue weighted by atomic mass is 31.1. The molecule has 0 saturated carbocycles. The number of rotatable bonds is 21. The molecular formula is C23H48P. The Morgan fingerprint density at radius 1 is 0.333 bits per heavy atom. The van der Waals surface area contributed by atoms with Gasteiger partial charge < -0.3 is 0 Å². The maximum Gasteiger partial charge on any atom is -0.0287 e. The monoisotopic (exact) mass is 355 g/mol. The van der Waals surface area contributed by atoms with Gasteiger partial charge in [0.1, 0.15) is 0 Å². The molecule has 0 aliphatic rings. The minimum absolute atomic E-state index is 1.37. The predicted octanol–water partition coefficient (Wildman–Crippen LogP) is 9.38. The van der Waals surface area contributed by atoms with Crippen LogP contribution in [0.25, 0.3) is 0 Å². The Kier molecular flexibility index (Phi) is 23.8. The quantitative estimate of drug-likeness (QED) is 0.142. The molecule has 1 heteroatoms. The van der Waals surface area contributed by atoms with E-state index in [1.54, 1.807) is 8.58 Å². The predicted molar refractivity (Wildman–Crippen MR) is 116 cm³/mol. The molecule has 0 aromatic carbocycles. The number of hydrogen-bond acceptors (Lipinski definition) is 0. The summed E-state index contributed by atoms with van der Waals surface area (Å²) in [6.45, 7) is 4.60. The van der Waals surface area contributed by atoms with E-state index >= 15 is 0 Å². The van der Waals surface area contributed by atoms with Crippen molar-refractivity contribution >= 4 is 8.58 Å². The smallest absolute Gasteiger partial charge is 0.0287 e. The third-order valence-electron chi connectivity index (χ3n) is 5.09. The summed E-state index contributed by atoms with van der Waals surface area (Å²) < 4.78 is 0. The van der Waals surface area contributed by atoms with Gasteiger partial charge in [-0.25, -0.2) is 0 Å². The molecule has 1 radical (unpaired) electrons. The summed E-state index contributed by atoms with van der Waals surface area (Å²) in [6, 6.07) is 0. The molecular weight excluding hydrogens is 307 g/mol. The van der Waals surface area contributed by atoms with Crippen molar-refractivity contribution in [3.63, 3.8) is 0 Å². The molecule has 0 aromatic rings. The lowest BCUT2D eigenvalue weighted by Crippen LogP contribution is -1.85. The van der Waals surface area contributed by atoms with E-state index in [-0.39, 0.29) is 0 Å². The topological polar surface area (TPSA) is 0 Å². The van der Waals surface area contributed by atoms with Crippen molar-refractivity contribution in [3.8, 4) is 0 Å². The van der Waals surface area contributed by atoms with Gasteiger partial charge in [0.05, 0.1) is 0 Å². The zero-order valence-corrected chi connectivity index (χ0v) is 18.2. The Morgan fingerprint density at radius 2 is 0.583 bits per heavy atom. The minimum atomic E-state index is 1.37. The lowest BCUT2D eigenvalue weighted by molar-refractivity contribution is 0.562. The second kappa shape index (κ2) is 23.4. The first-order valence-corrected chi connectivity index (χ1v) is 12.8. The van der Waals surface area contributed by atoms with Crippen LogP contribution in [0.5, 0.6) is 0 Å². The van der Waals surface area contributed by atoms with Gasteiger partial charge in [0.25, 0.3) is 0 Å². The van der Waals surface area contributed by atoms with E-state index in [1.165, 1.54) is 134 Å². The van der Waals surface area contributed by atoms with Gasteiger partial charge in [-0.3, -0.25) is 0 Å². The maximum absolute atomic E-state index is 2.30. The molecule has 24 heavy (non-hydrogen) atoms. The molecule has 0 atom stereocenters. The first-order valence-electron chi connectivity index (χ1n) is 11.5. The lowest BCUT2D eigenvalue weighted by Gasteiger charge is -2.03. The van der Waals surface area contributed by atoms with Crippen LogP contribution in [0.15, 0.2) is 0 Å². The Bertz CT molecular complexity index is 180. The molecule has 0 bridgehead atoms. The van der Waals surface area contributed by atoms with Crippen LogP contribution < -0.4 is 0 Å². The van der Waals surface area contributed by atoms with Crippen molar-refractivity contribution in [1.29, 1.82) is 0 Å². The SMILES string of the molecule is CCCCCCCCCCCC[P]CCCCCCCCCCC. The molecule has 0 aliphatic carbocycles. The van der Waals surface area contributed by atoms with Gasteiger partial charge in [-0.05, 0) is 25.2 Å². The minimum Gasteiger partial charge on any atom is -0.0810 e. The van der Waals surface area contributed by atoms with Crippen LogP contribution in [0.2, 0.25) is 0 Å². The fourth-order valence-corrected chi connectivity index (χ4v) is 4.48. The highest BCUT2D eigenvalue weighted by Gasteiger charge is 1.95. The van der Waals surface area contributed by atoms with Crippen molar-refractivity contribution in [3.05, 3.63) is 0 Å². The third kappa shape index (κ3) is 22.4. The second-order valence-corrected chi connectivity index (χ2v) is 9.02. The summed E-state index contributed by atoms with van der Waals surface area (Å²) in [5.74, 6) is 0. The molecule has 145 valence electrons. The van der Waals surface area contributed by atoms with E-state index in [0.29, 0.717) is 0 Å². The van der Waals surface area contributed by atoms with Crippen LogP contribution in [-0.2, 0) is 0 Å². The standard InChI is InChI=1S/C23H48P/c1-3-5-7-9-11-13-15-17-19-21-23-24-22-20-18-16-14-12-10-8-6-4-2/h3-23H2,1-2H3. The summed E-state index contributed by atoms with van der Waals surface area (Å²) in [5, 5.41) is 0. The summed E-state index contributed by atoms with van der Waals surface area (Å²) in [4.78, 5) is 0. The summed E-state index contributed by atoms with van der Waals surface area (Å²) >= 11 is 0. The van der Waals surface area contributed by atoms with Gasteiger partial charge in [-0.2, -0.15) is 0 Å². The van der Waals surface area contributed by atoms with Crippen LogP contribution >= 0.6 is 8.58 Å². The van der Waals surface area contributed by atoms with Gasteiger partial charge in [-0.15, -0.1) is 0 Å². The molecule has 0 unspecified atom stereocenters. The summed E-state index contributed by atoms with van der Waals surface area (Å²) in [6.07, 6.45) is 30.8.